The van der Waals surface area contributed by atoms with Gasteiger partial charge in [-0.15, -0.1) is 0 Å². The van der Waals surface area contributed by atoms with Crippen molar-refractivity contribution in [2.75, 3.05) is 11.4 Å². The van der Waals surface area contributed by atoms with E-state index < -0.39 is 23.8 Å². The zero-order valence-electron chi connectivity index (χ0n) is 19.8. The molecule has 1 aliphatic rings. The van der Waals surface area contributed by atoms with Crippen LogP contribution in [0.3, 0.4) is 0 Å². The van der Waals surface area contributed by atoms with E-state index in [4.69, 9.17) is 9.72 Å². The van der Waals surface area contributed by atoms with Crippen LogP contribution in [0, 0.1) is 0 Å². The summed E-state index contributed by atoms with van der Waals surface area (Å²) in [5, 5.41) is 0. The maximum atomic E-state index is 13.4. The zero-order valence-corrected chi connectivity index (χ0v) is 19.8. The van der Waals surface area contributed by atoms with Gasteiger partial charge in [0.15, 0.2) is 11.2 Å². The van der Waals surface area contributed by atoms with Crippen molar-refractivity contribution in [1.82, 2.24) is 18.7 Å². The SMILES string of the molecule is CCc1ccc(N2CCCn3c2nc2c3c(=O)n(CC(=O)OCc3ccccc3)c(=O)n2C)cc1. The third-order valence-corrected chi connectivity index (χ3v) is 6.40. The first-order valence-corrected chi connectivity index (χ1v) is 11.7. The van der Waals surface area contributed by atoms with E-state index in [1.165, 1.54) is 10.1 Å². The van der Waals surface area contributed by atoms with E-state index >= 15 is 0 Å². The summed E-state index contributed by atoms with van der Waals surface area (Å²) in [6.07, 6.45) is 1.77. The Hall–Kier alpha value is -4.14. The Bertz CT molecular complexity index is 1500. The molecule has 0 saturated heterocycles. The van der Waals surface area contributed by atoms with Gasteiger partial charge in [0.05, 0.1) is 0 Å². The first-order valence-electron chi connectivity index (χ1n) is 11.7. The molecular weight excluding hydrogens is 446 g/mol. The molecule has 0 radical (unpaired) electrons. The fourth-order valence-electron chi connectivity index (χ4n) is 4.47. The number of benzene rings is 2. The Balaban J connectivity index is 1.50. The van der Waals surface area contributed by atoms with Crippen LogP contribution in [0.4, 0.5) is 11.6 Å². The molecule has 35 heavy (non-hydrogen) atoms. The van der Waals surface area contributed by atoms with Gasteiger partial charge >= 0.3 is 11.7 Å². The normalized spacial score (nSPS) is 13.1. The van der Waals surface area contributed by atoms with Crippen LogP contribution >= 0.6 is 0 Å². The average Bonchev–Trinajstić information content (AvgIpc) is 3.29. The Labute approximate surface area is 201 Å². The first-order chi connectivity index (χ1) is 17.0. The highest BCUT2D eigenvalue weighted by Crippen LogP contribution is 2.31. The quantitative estimate of drug-likeness (QED) is 0.400. The van der Waals surface area contributed by atoms with Crippen molar-refractivity contribution >= 4 is 28.8 Å². The molecule has 0 spiro atoms. The van der Waals surface area contributed by atoms with Crippen molar-refractivity contribution in [2.24, 2.45) is 7.05 Å². The number of carbonyl (C=O) groups is 1. The van der Waals surface area contributed by atoms with Crippen molar-refractivity contribution in [3.05, 3.63) is 86.6 Å². The fourth-order valence-corrected chi connectivity index (χ4v) is 4.47. The first kappa shape index (κ1) is 22.6. The molecule has 0 fully saturated rings. The van der Waals surface area contributed by atoms with E-state index in [0.717, 1.165) is 35.2 Å². The number of fused-ring (bicyclic) bond motifs is 3. The summed E-state index contributed by atoms with van der Waals surface area (Å²) in [7, 11) is 1.56. The molecule has 2 aromatic heterocycles. The van der Waals surface area contributed by atoms with Gasteiger partial charge in [-0.25, -0.2) is 9.36 Å². The molecule has 0 amide bonds. The summed E-state index contributed by atoms with van der Waals surface area (Å²) in [4.78, 5) is 45.7. The monoisotopic (exact) mass is 473 g/mol. The van der Waals surface area contributed by atoms with E-state index in [9.17, 15) is 14.4 Å². The minimum absolute atomic E-state index is 0.0743. The number of hydrogen-bond acceptors (Lipinski definition) is 6. The molecule has 180 valence electrons. The van der Waals surface area contributed by atoms with Crippen LogP contribution in [0.25, 0.3) is 11.2 Å². The van der Waals surface area contributed by atoms with E-state index in [1.807, 2.05) is 47.0 Å². The number of anilines is 2. The lowest BCUT2D eigenvalue weighted by atomic mass is 10.1. The molecular formula is C26H27N5O4. The van der Waals surface area contributed by atoms with Crippen molar-refractivity contribution in [2.45, 2.75) is 39.5 Å². The van der Waals surface area contributed by atoms with Crippen LogP contribution in [0.15, 0.2) is 64.2 Å². The zero-order chi connectivity index (χ0) is 24.5. The smallest absolute Gasteiger partial charge is 0.333 e. The summed E-state index contributed by atoms with van der Waals surface area (Å²) >= 11 is 0. The van der Waals surface area contributed by atoms with Gasteiger partial charge < -0.3 is 14.2 Å². The Morgan fingerprint density at radius 1 is 1.00 bits per heavy atom. The van der Waals surface area contributed by atoms with E-state index in [1.54, 1.807) is 7.05 Å². The third kappa shape index (κ3) is 4.14. The molecule has 9 nitrogen and oxygen atoms in total. The molecule has 2 aromatic carbocycles. The molecule has 1 aliphatic heterocycles. The van der Waals surface area contributed by atoms with Crippen LogP contribution in [-0.2, 0) is 42.7 Å². The minimum atomic E-state index is -0.650. The molecule has 5 rings (SSSR count). The lowest BCUT2D eigenvalue weighted by Crippen LogP contribution is -2.41. The number of hydrogen-bond donors (Lipinski definition) is 0. The van der Waals surface area contributed by atoms with Gasteiger partial charge in [0.2, 0.25) is 5.95 Å². The number of carbonyl (C=O) groups excluding carboxylic acids is 1. The number of aryl methyl sites for hydroxylation is 3. The predicted octanol–water partition coefficient (Wildman–Crippen LogP) is 2.74. The highest BCUT2D eigenvalue weighted by Gasteiger charge is 2.27. The van der Waals surface area contributed by atoms with Gasteiger partial charge in [-0.1, -0.05) is 49.4 Å². The van der Waals surface area contributed by atoms with E-state index in [2.05, 4.69) is 24.0 Å². The van der Waals surface area contributed by atoms with Gasteiger partial charge in [-0.2, -0.15) is 4.98 Å². The third-order valence-electron chi connectivity index (χ3n) is 6.40. The molecule has 0 bridgehead atoms. The van der Waals surface area contributed by atoms with Gasteiger partial charge in [0.1, 0.15) is 13.2 Å². The summed E-state index contributed by atoms with van der Waals surface area (Å²) in [5.41, 5.74) is 2.52. The lowest BCUT2D eigenvalue weighted by molar-refractivity contribution is -0.145. The van der Waals surface area contributed by atoms with Crippen LogP contribution in [0.1, 0.15) is 24.5 Å². The topological polar surface area (TPSA) is 91.4 Å². The molecule has 0 unspecified atom stereocenters. The molecule has 0 atom stereocenters. The second-order valence-electron chi connectivity index (χ2n) is 8.64. The fraction of sp³-hybridized carbons (Fsp3) is 0.308. The summed E-state index contributed by atoms with van der Waals surface area (Å²) in [6.45, 7) is 3.07. The maximum Gasteiger partial charge on any atom is 0.333 e. The van der Waals surface area contributed by atoms with Gasteiger partial charge in [-0.05, 0) is 36.1 Å². The average molecular weight is 474 g/mol. The van der Waals surface area contributed by atoms with Crippen molar-refractivity contribution in [3.8, 4) is 0 Å². The second-order valence-corrected chi connectivity index (χ2v) is 8.64. The van der Waals surface area contributed by atoms with Crippen LogP contribution < -0.4 is 16.1 Å². The standard InChI is InChI=1S/C26H27N5O4/c1-3-18-10-12-20(13-11-18)29-14-7-15-30-22-23(27-25(29)30)28(2)26(34)31(24(22)33)16-21(32)35-17-19-8-5-4-6-9-19/h4-6,8-13H,3,7,14-17H2,1-2H3. The lowest BCUT2D eigenvalue weighted by Gasteiger charge is -2.29. The Kier molecular flexibility index (Phi) is 5.98. The van der Waals surface area contributed by atoms with E-state index in [-0.39, 0.29) is 6.61 Å². The number of ether oxygens (including phenoxy) is 1. The number of esters is 1. The van der Waals surface area contributed by atoms with Crippen molar-refractivity contribution in [3.63, 3.8) is 0 Å². The summed E-state index contributed by atoms with van der Waals surface area (Å²) in [5.74, 6) is -0.0320. The molecule has 3 heterocycles. The highest BCUT2D eigenvalue weighted by atomic mass is 16.5. The summed E-state index contributed by atoms with van der Waals surface area (Å²) in [6, 6.07) is 17.5. The number of aromatic nitrogens is 4. The summed E-state index contributed by atoms with van der Waals surface area (Å²) < 4.78 is 9.41. The van der Waals surface area contributed by atoms with Gasteiger partial charge in [0, 0.05) is 25.8 Å². The largest absolute Gasteiger partial charge is 0.459 e. The van der Waals surface area contributed by atoms with Gasteiger partial charge in [-0.3, -0.25) is 14.2 Å². The second kappa shape index (κ2) is 9.25. The molecule has 0 aliphatic carbocycles. The predicted molar refractivity (Wildman–Crippen MR) is 133 cm³/mol. The number of nitrogens with zero attached hydrogens (tertiary/aromatic N) is 5. The maximum absolute atomic E-state index is 13.4. The molecule has 0 saturated carbocycles. The minimum Gasteiger partial charge on any atom is -0.459 e. The Morgan fingerprint density at radius 3 is 2.46 bits per heavy atom. The van der Waals surface area contributed by atoms with Gasteiger partial charge in [0.25, 0.3) is 5.56 Å². The van der Waals surface area contributed by atoms with Crippen LogP contribution in [-0.4, -0.2) is 31.2 Å². The number of imidazole rings is 1. The molecule has 4 aromatic rings. The molecule has 0 N–H and O–H groups in total. The van der Waals surface area contributed by atoms with Crippen molar-refractivity contribution < 1.29 is 9.53 Å². The molecule has 9 heteroatoms. The Morgan fingerprint density at radius 2 is 1.74 bits per heavy atom. The number of rotatable bonds is 6. The van der Waals surface area contributed by atoms with Crippen LogP contribution in [0.5, 0.6) is 0 Å². The van der Waals surface area contributed by atoms with Crippen molar-refractivity contribution in [1.29, 1.82) is 0 Å². The van der Waals surface area contributed by atoms with E-state index in [0.29, 0.717) is 23.7 Å². The highest BCUT2D eigenvalue weighted by molar-refractivity contribution is 5.77. The van der Waals surface area contributed by atoms with Crippen LogP contribution in [0.2, 0.25) is 0 Å².